The second-order valence-corrected chi connectivity index (χ2v) is 3.69. The van der Waals surface area contributed by atoms with E-state index in [0.29, 0.717) is 0 Å². The van der Waals surface area contributed by atoms with Gasteiger partial charge in [0.2, 0.25) is 0 Å². The smallest absolute Gasteiger partial charge is 0.0968 e. The van der Waals surface area contributed by atoms with E-state index in [1.54, 1.807) is 6.20 Å². The molecular weight excluding hydrogens is 198 g/mol. The highest BCUT2D eigenvalue weighted by Gasteiger charge is 2.03. The van der Waals surface area contributed by atoms with Crippen molar-refractivity contribution in [3.05, 3.63) is 48.3 Å². The van der Waals surface area contributed by atoms with E-state index in [2.05, 4.69) is 9.97 Å². The third kappa shape index (κ3) is 1.33. The summed E-state index contributed by atoms with van der Waals surface area (Å²) in [5, 5.41) is 2.16. The van der Waals surface area contributed by atoms with Gasteiger partial charge in [0.15, 0.2) is 0 Å². The van der Waals surface area contributed by atoms with Gasteiger partial charge < -0.3 is 0 Å². The van der Waals surface area contributed by atoms with Crippen molar-refractivity contribution in [3.8, 4) is 0 Å². The molecule has 0 spiro atoms. The summed E-state index contributed by atoms with van der Waals surface area (Å²) in [6.45, 7) is 0.208. The van der Waals surface area contributed by atoms with Crippen LogP contribution in [0.1, 0.15) is 5.69 Å². The van der Waals surface area contributed by atoms with Gasteiger partial charge in [0.25, 0.3) is 0 Å². The van der Waals surface area contributed by atoms with Crippen LogP contribution in [0.25, 0.3) is 21.8 Å². The largest absolute Gasteiger partial charge is 0.254 e. The molecular formula is C13H10N3. The molecule has 3 aromatic rings. The van der Waals surface area contributed by atoms with E-state index in [9.17, 15) is 0 Å². The summed E-state index contributed by atoms with van der Waals surface area (Å²) in [5.74, 6) is 0. The standard InChI is InChI=1S/C13H10N3/c14-8-11-6-5-10-4-3-9-2-1-7-15-12(9)13(10)16-11/h1-7,14H,8H2. The van der Waals surface area contributed by atoms with Crippen LogP contribution in [0, 0.1) is 0 Å². The second-order valence-electron chi connectivity index (χ2n) is 3.69. The fourth-order valence-corrected chi connectivity index (χ4v) is 1.86. The van der Waals surface area contributed by atoms with Gasteiger partial charge in [0.05, 0.1) is 23.3 Å². The lowest BCUT2D eigenvalue weighted by Gasteiger charge is -2.03. The molecule has 3 heteroatoms. The Morgan fingerprint density at radius 3 is 2.50 bits per heavy atom. The van der Waals surface area contributed by atoms with Gasteiger partial charge in [0.1, 0.15) is 0 Å². The van der Waals surface area contributed by atoms with Crippen molar-refractivity contribution >= 4 is 21.8 Å². The maximum absolute atomic E-state index is 7.34. The fourth-order valence-electron chi connectivity index (χ4n) is 1.86. The van der Waals surface area contributed by atoms with Crippen molar-refractivity contribution in [1.82, 2.24) is 15.7 Å². The minimum atomic E-state index is 0.208. The Morgan fingerprint density at radius 1 is 0.938 bits per heavy atom. The monoisotopic (exact) mass is 208 g/mol. The number of nitrogens with one attached hydrogen (secondary N) is 1. The number of aromatic nitrogens is 2. The van der Waals surface area contributed by atoms with Crippen LogP contribution in [0.5, 0.6) is 0 Å². The van der Waals surface area contributed by atoms with E-state index in [1.807, 2.05) is 36.4 Å². The first-order valence-electron chi connectivity index (χ1n) is 5.16. The van der Waals surface area contributed by atoms with Crippen molar-refractivity contribution < 1.29 is 0 Å². The molecule has 0 bridgehead atoms. The van der Waals surface area contributed by atoms with Crippen LogP contribution in [-0.2, 0) is 6.54 Å². The average molecular weight is 208 g/mol. The first-order valence-corrected chi connectivity index (χ1v) is 5.16. The third-order valence-electron chi connectivity index (χ3n) is 2.67. The van der Waals surface area contributed by atoms with E-state index < -0.39 is 0 Å². The number of rotatable bonds is 1. The zero-order valence-electron chi connectivity index (χ0n) is 8.64. The summed E-state index contributed by atoms with van der Waals surface area (Å²) < 4.78 is 0. The van der Waals surface area contributed by atoms with Crippen molar-refractivity contribution in [2.75, 3.05) is 0 Å². The predicted molar refractivity (Wildman–Crippen MR) is 63.8 cm³/mol. The third-order valence-corrected chi connectivity index (χ3v) is 2.67. The highest BCUT2D eigenvalue weighted by Crippen LogP contribution is 2.21. The molecule has 3 rings (SSSR count). The van der Waals surface area contributed by atoms with Crippen molar-refractivity contribution in [1.29, 1.82) is 0 Å². The zero-order valence-corrected chi connectivity index (χ0v) is 8.64. The summed E-state index contributed by atoms with van der Waals surface area (Å²) in [4.78, 5) is 8.83. The van der Waals surface area contributed by atoms with Gasteiger partial charge in [0, 0.05) is 17.0 Å². The number of nitrogens with zero attached hydrogens (tertiary/aromatic N) is 2. The van der Waals surface area contributed by atoms with Gasteiger partial charge in [-0.25, -0.2) is 4.98 Å². The van der Waals surface area contributed by atoms with Crippen molar-refractivity contribution in [2.24, 2.45) is 0 Å². The van der Waals surface area contributed by atoms with Crippen LogP contribution in [0.15, 0.2) is 42.6 Å². The summed E-state index contributed by atoms with van der Waals surface area (Å²) in [6, 6.07) is 11.9. The van der Waals surface area contributed by atoms with Crippen LogP contribution in [0.4, 0.5) is 0 Å². The molecule has 2 heterocycles. The first-order chi connectivity index (χ1) is 7.88. The van der Waals surface area contributed by atoms with Gasteiger partial charge in [-0.2, -0.15) is 0 Å². The molecule has 0 aliphatic heterocycles. The highest BCUT2D eigenvalue weighted by molar-refractivity contribution is 6.02. The molecule has 0 fully saturated rings. The summed E-state index contributed by atoms with van der Waals surface area (Å²) in [7, 11) is 0. The first kappa shape index (κ1) is 9.24. The number of hydrogen-bond acceptors (Lipinski definition) is 2. The minimum absolute atomic E-state index is 0.208. The van der Waals surface area contributed by atoms with Crippen LogP contribution in [0.3, 0.4) is 0 Å². The molecule has 0 aliphatic rings. The lowest BCUT2D eigenvalue weighted by atomic mass is 10.1. The minimum Gasteiger partial charge on any atom is -0.254 e. The molecule has 1 N–H and O–H groups in total. The molecule has 3 nitrogen and oxygen atoms in total. The summed E-state index contributed by atoms with van der Waals surface area (Å²) >= 11 is 0. The molecule has 0 amide bonds. The summed E-state index contributed by atoms with van der Waals surface area (Å²) in [5.41, 5.74) is 9.93. The van der Waals surface area contributed by atoms with Crippen LogP contribution < -0.4 is 5.73 Å². The molecule has 0 saturated heterocycles. The maximum Gasteiger partial charge on any atom is 0.0968 e. The predicted octanol–water partition coefficient (Wildman–Crippen LogP) is 2.57. The van der Waals surface area contributed by atoms with E-state index in [1.165, 1.54) is 0 Å². The molecule has 2 aromatic heterocycles. The van der Waals surface area contributed by atoms with Crippen LogP contribution in [0.2, 0.25) is 0 Å². The van der Waals surface area contributed by atoms with Gasteiger partial charge in [-0.15, -0.1) is 0 Å². The van der Waals surface area contributed by atoms with Crippen molar-refractivity contribution in [2.45, 2.75) is 6.54 Å². The van der Waals surface area contributed by atoms with E-state index in [4.69, 9.17) is 5.73 Å². The molecule has 0 unspecified atom stereocenters. The number of pyridine rings is 2. The SMILES string of the molecule is [NH]Cc1ccc2ccc3cccnc3c2n1. The molecule has 77 valence electrons. The normalized spacial score (nSPS) is 11.1. The fraction of sp³-hybridized carbons (Fsp3) is 0.0769. The molecule has 1 aromatic carbocycles. The molecule has 1 radical (unpaired) electrons. The van der Waals surface area contributed by atoms with Crippen molar-refractivity contribution in [3.63, 3.8) is 0 Å². The average Bonchev–Trinajstić information content (AvgIpc) is 2.38. The Hall–Kier alpha value is -2.00. The second kappa shape index (κ2) is 3.54. The highest BCUT2D eigenvalue weighted by atomic mass is 14.8. The lowest BCUT2D eigenvalue weighted by molar-refractivity contribution is 0.973. The Balaban J connectivity index is 2.47. The van der Waals surface area contributed by atoms with Gasteiger partial charge >= 0.3 is 0 Å². The molecule has 0 aliphatic carbocycles. The molecule has 0 atom stereocenters. The maximum atomic E-state index is 7.34. The quantitative estimate of drug-likeness (QED) is 0.577. The van der Waals surface area contributed by atoms with E-state index in [0.717, 1.165) is 27.5 Å². The number of benzene rings is 1. The Labute approximate surface area is 92.9 Å². The zero-order chi connectivity index (χ0) is 11.0. The molecule has 0 saturated carbocycles. The van der Waals surface area contributed by atoms with Gasteiger partial charge in [-0.1, -0.05) is 24.3 Å². The van der Waals surface area contributed by atoms with E-state index >= 15 is 0 Å². The lowest BCUT2D eigenvalue weighted by Crippen LogP contribution is -1.92. The Kier molecular flexibility index (Phi) is 2.04. The van der Waals surface area contributed by atoms with Gasteiger partial charge in [-0.05, 0) is 12.1 Å². The Bertz CT molecular complexity index is 661. The number of fused-ring (bicyclic) bond motifs is 3. The van der Waals surface area contributed by atoms with Crippen LogP contribution >= 0.6 is 0 Å². The van der Waals surface area contributed by atoms with E-state index in [-0.39, 0.29) is 6.54 Å². The topological polar surface area (TPSA) is 49.6 Å². The Morgan fingerprint density at radius 2 is 1.69 bits per heavy atom. The molecule has 16 heavy (non-hydrogen) atoms. The summed E-state index contributed by atoms with van der Waals surface area (Å²) in [6.07, 6.45) is 1.77. The van der Waals surface area contributed by atoms with Crippen LogP contribution in [-0.4, -0.2) is 9.97 Å². The van der Waals surface area contributed by atoms with Gasteiger partial charge in [-0.3, -0.25) is 10.7 Å². The number of hydrogen-bond donors (Lipinski definition) is 0.